The molecule has 3 heteroatoms. The van der Waals surface area contributed by atoms with Crippen LogP contribution in [0, 0.1) is 5.92 Å². The second kappa shape index (κ2) is 4.23. The van der Waals surface area contributed by atoms with Gasteiger partial charge in [-0.1, -0.05) is 19.9 Å². The first-order chi connectivity index (χ1) is 6.16. The van der Waals surface area contributed by atoms with E-state index in [1.165, 1.54) is 0 Å². The predicted molar refractivity (Wildman–Crippen MR) is 52.6 cm³/mol. The summed E-state index contributed by atoms with van der Waals surface area (Å²) in [5.74, 6) is 1.02. The Morgan fingerprint density at radius 1 is 1.46 bits per heavy atom. The highest BCUT2D eigenvalue weighted by Crippen LogP contribution is 2.25. The average Bonchev–Trinajstić information content (AvgIpc) is 2.16. The van der Waals surface area contributed by atoms with E-state index in [1.807, 2.05) is 12.1 Å². The molecule has 72 valence electrons. The van der Waals surface area contributed by atoms with Crippen molar-refractivity contribution in [2.75, 3.05) is 7.11 Å². The molecule has 1 aromatic rings. The Labute approximate surface area is 78.9 Å². The van der Waals surface area contributed by atoms with Crippen LogP contribution >= 0.6 is 0 Å². The third kappa shape index (κ3) is 2.18. The second-order valence-electron chi connectivity index (χ2n) is 3.37. The molecule has 0 fully saturated rings. The van der Waals surface area contributed by atoms with Crippen LogP contribution in [0.4, 0.5) is 0 Å². The summed E-state index contributed by atoms with van der Waals surface area (Å²) in [6, 6.07) is 3.82. The number of aromatic nitrogens is 1. The van der Waals surface area contributed by atoms with E-state index in [-0.39, 0.29) is 6.04 Å². The van der Waals surface area contributed by atoms with E-state index in [9.17, 15) is 0 Å². The maximum absolute atomic E-state index is 5.99. The van der Waals surface area contributed by atoms with Crippen molar-refractivity contribution in [2.24, 2.45) is 11.7 Å². The van der Waals surface area contributed by atoms with Crippen LogP contribution in [-0.4, -0.2) is 12.1 Å². The van der Waals surface area contributed by atoms with E-state index in [1.54, 1.807) is 13.3 Å². The molecular weight excluding hydrogens is 164 g/mol. The van der Waals surface area contributed by atoms with Gasteiger partial charge in [-0.2, -0.15) is 0 Å². The fourth-order valence-corrected chi connectivity index (χ4v) is 1.19. The second-order valence-corrected chi connectivity index (χ2v) is 3.37. The molecule has 0 aliphatic carbocycles. The molecule has 0 bridgehead atoms. The summed E-state index contributed by atoms with van der Waals surface area (Å²) < 4.78 is 5.13. The molecule has 13 heavy (non-hydrogen) atoms. The van der Waals surface area contributed by atoms with Crippen molar-refractivity contribution in [3.05, 3.63) is 23.9 Å². The first-order valence-electron chi connectivity index (χ1n) is 4.41. The first-order valence-corrected chi connectivity index (χ1v) is 4.41. The molecule has 1 atom stereocenters. The zero-order chi connectivity index (χ0) is 9.84. The summed E-state index contributed by atoms with van der Waals surface area (Å²) in [5.41, 5.74) is 6.97. The molecule has 0 aliphatic heterocycles. The van der Waals surface area contributed by atoms with Gasteiger partial charge in [0.25, 0.3) is 0 Å². The molecule has 0 amide bonds. The van der Waals surface area contributed by atoms with Crippen LogP contribution in [0.15, 0.2) is 18.3 Å². The van der Waals surface area contributed by atoms with E-state index < -0.39 is 0 Å². The highest BCUT2D eigenvalue weighted by Gasteiger charge is 2.15. The Bertz CT molecular complexity index is 273. The molecule has 1 heterocycles. The fourth-order valence-electron chi connectivity index (χ4n) is 1.19. The number of nitrogens with two attached hydrogens (primary N) is 1. The minimum Gasteiger partial charge on any atom is -0.481 e. The summed E-state index contributed by atoms with van der Waals surface area (Å²) in [6.07, 6.45) is 1.70. The molecule has 0 unspecified atom stereocenters. The van der Waals surface area contributed by atoms with Crippen LogP contribution < -0.4 is 10.5 Å². The summed E-state index contributed by atoms with van der Waals surface area (Å²) >= 11 is 0. The topological polar surface area (TPSA) is 48.1 Å². The number of hydrogen-bond donors (Lipinski definition) is 1. The summed E-state index contributed by atoms with van der Waals surface area (Å²) in [7, 11) is 1.61. The van der Waals surface area contributed by atoms with Gasteiger partial charge < -0.3 is 10.5 Å². The highest BCUT2D eigenvalue weighted by atomic mass is 16.5. The van der Waals surface area contributed by atoms with Gasteiger partial charge in [-0.3, -0.25) is 0 Å². The summed E-state index contributed by atoms with van der Waals surface area (Å²) in [5, 5.41) is 0. The van der Waals surface area contributed by atoms with Gasteiger partial charge in [-0.25, -0.2) is 4.98 Å². The average molecular weight is 180 g/mol. The van der Waals surface area contributed by atoms with E-state index >= 15 is 0 Å². The smallest absolute Gasteiger partial charge is 0.217 e. The SMILES string of the molecule is COc1ncccc1[C@@H](N)C(C)C. The molecular formula is C10H16N2O. The number of hydrogen-bond acceptors (Lipinski definition) is 3. The highest BCUT2D eigenvalue weighted by molar-refractivity contribution is 5.28. The Kier molecular flexibility index (Phi) is 3.25. The molecule has 1 aromatic heterocycles. The normalized spacial score (nSPS) is 13.0. The molecule has 2 N–H and O–H groups in total. The lowest BCUT2D eigenvalue weighted by molar-refractivity contribution is 0.380. The Morgan fingerprint density at radius 3 is 2.69 bits per heavy atom. The number of ether oxygens (including phenoxy) is 1. The summed E-state index contributed by atoms with van der Waals surface area (Å²) in [4.78, 5) is 4.10. The standard InChI is InChI=1S/C10H16N2O/c1-7(2)9(11)8-5-4-6-12-10(8)13-3/h4-7,9H,11H2,1-3H3/t9-/m0/s1. The van der Waals surface area contributed by atoms with Gasteiger partial charge >= 0.3 is 0 Å². The van der Waals surface area contributed by atoms with Gasteiger partial charge in [0, 0.05) is 17.8 Å². The van der Waals surface area contributed by atoms with E-state index in [0.29, 0.717) is 11.8 Å². The fraction of sp³-hybridized carbons (Fsp3) is 0.500. The zero-order valence-electron chi connectivity index (χ0n) is 8.32. The van der Waals surface area contributed by atoms with Crippen molar-refractivity contribution in [3.63, 3.8) is 0 Å². The number of nitrogens with zero attached hydrogens (tertiary/aromatic N) is 1. The lowest BCUT2D eigenvalue weighted by Gasteiger charge is -2.17. The maximum atomic E-state index is 5.99. The van der Waals surface area contributed by atoms with Crippen molar-refractivity contribution >= 4 is 0 Å². The molecule has 1 rings (SSSR count). The lowest BCUT2D eigenvalue weighted by atomic mass is 9.98. The molecule has 3 nitrogen and oxygen atoms in total. The third-order valence-corrected chi connectivity index (χ3v) is 2.07. The zero-order valence-corrected chi connectivity index (χ0v) is 8.32. The van der Waals surface area contributed by atoms with Crippen LogP contribution in [0.2, 0.25) is 0 Å². The van der Waals surface area contributed by atoms with Crippen molar-refractivity contribution < 1.29 is 4.74 Å². The molecule has 0 aliphatic rings. The Hall–Kier alpha value is -1.09. The molecule has 0 aromatic carbocycles. The van der Waals surface area contributed by atoms with Crippen molar-refractivity contribution in [2.45, 2.75) is 19.9 Å². The molecule has 0 spiro atoms. The van der Waals surface area contributed by atoms with Crippen molar-refractivity contribution in [1.82, 2.24) is 4.98 Å². The van der Waals surface area contributed by atoms with Gasteiger partial charge in [0.05, 0.1) is 7.11 Å². The van der Waals surface area contributed by atoms with E-state index in [4.69, 9.17) is 10.5 Å². The number of pyridine rings is 1. The summed E-state index contributed by atoms with van der Waals surface area (Å²) in [6.45, 7) is 4.16. The molecule has 0 saturated heterocycles. The third-order valence-electron chi connectivity index (χ3n) is 2.07. The first kappa shape index (κ1) is 9.99. The number of rotatable bonds is 3. The lowest BCUT2D eigenvalue weighted by Crippen LogP contribution is -2.17. The van der Waals surface area contributed by atoms with Gasteiger partial charge in [-0.15, -0.1) is 0 Å². The minimum atomic E-state index is -0.0105. The Morgan fingerprint density at radius 2 is 2.15 bits per heavy atom. The van der Waals surface area contributed by atoms with Gasteiger partial charge in [0.1, 0.15) is 0 Å². The van der Waals surface area contributed by atoms with Gasteiger partial charge in [0.15, 0.2) is 0 Å². The van der Waals surface area contributed by atoms with Crippen LogP contribution in [-0.2, 0) is 0 Å². The van der Waals surface area contributed by atoms with Crippen molar-refractivity contribution in [1.29, 1.82) is 0 Å². The molecule has 0 radical (unpaired) electrons. The van der Waals surface area contributed by atoms with Crippen LogP contribution in [0.25, 0.3) is 0 Å². The monoisotopic (exact) mass is 180 g/mol. The maximum Gasteiger partial charge on any atom is 0.217 e. The van der Waals surface area contributed by atoms with Gasteiger partial charge in [-0.05, 0) is 12.0 Å². The quantitative estimate of drug-likeness (QED) is 0.770. The predicted octanol–water partition coefficient (Wildman–Crippen LogP) is 1.75. The largest absolute Gasteiger partial charge is 0.481 e. The van der Waals surface area contributed by atoms with Crippen LogP contribution in [0.5, 0.6) is 5.88 Å². The van der Waals surface area contributed by atoms with E-state index in [0.717, 1.165) is 5.56 Å². The molecule has 0 saturated carbocycles. The number of methoxy groups -OCH3 is 1. The van der Waals surface area contributed by atoms with Crippen LogP contribution in [0.1, 0.15) is 25.5 Å². The van der Waals surface area contributed by atoms with E-state index in [2.05, 4.69) is 18.8 Å². The van der Waals surface area contributed by atoms with Gasteiger partial charge in [0.2, 0.25) is 5.88 Å². The van der Waals surface area contributed by atoms with Crippen LogP contribution in [0.3, 0.4) is 0 Å². The Balaban J connectivity index is 2.98. The minimum absolute atomic E-state index is 0.0105. The van der Waals surface area contributed by atoms with Crippen molar-refractivity contribution in [3.8, 4) is 5.88 Å².